The summed E-state index contributed by atoms with van der Waals surface area (Å²) in [5.41, 5.74) is 4.90. The standard InChI is InChI=1S/C24H24N4O3/c1-16-4-8-19(9-5-16)13-28-14-20(12-25-28)26-24(29)23-22(18(3)31-27-23)15-30-21-10-6-17(2)7-11-21/h4-12,14H,13,15H2,1-3H3,(H,26,29). The average Bonchev–Trinajstić information content (AvgIpc) is 3.35. The van der Waals surface area contributed by atoms with E-state index >= 15 is 0 Å². The fourth-order valence-electron chi connectivity index (χ4n) is 3.11. The first kappa shape index (κ1) is 20.4. The summed E-state index contributed by atoms with van der Waals surface area (Å²) < 4.78 is 12.8. The summed E-state index contributed by atoms with van der Waals surface area (Å²) in [6.07, 6.45) is 3.40. The summed E-state index contributed by atoms with van der Waals surface area (Å²) >= 11 is 0. The lowest BCUT2D eigenvalue weighted by molar-refractivity contribution is 0.101. The number of anilines is 1. The Labute approximate surface area is 180 Å². The molecule has 4 rings (SSSR count). The summed E-state index contributed by atoms with van der Waals surface area (Å²) in [4.78, 5) is 12.8. The third-order valence-corrected chi connectivity index (χ3v) is 4.96. The van der Waals surface area contributed by atoms with Crippen LogP contribution in [0.25, 0.3) is 0 Å². The topological polar surface area (TPSA) is 82.2 Å². The molecule has 0 aliphatic rings. The Morgan fingerprint density at radius 2 is 1.71 bits per heavy atom. The highest BCUT2D eigenvalue weighted by atomic mass is 16.5. The molecule has 31 heavy (non-hydrogen) atoms. The van der Waals surface area contributed by atoms with Crippen LogP contribution in [-0.4, -0.2) is 20.8 Å². The molecule has 0 atom stereocenters. The van der Waals surface area contributed by atoms with Gasteiger partial charge < -0.3 is 14.6 Å². The van der Waals surface area contributed by atoms with Gasteiger partial charge in [0.1, 0.15) is 18.1 Å². The first-order valence-corrected chi connectivity index (χ1v) is 10.0. The predicted molar refractivity (Wildman–Crippen MR) is 117 cm³/mol. The monoisotopic (exact) mass is 416 g/mol. The van der Waals surface area contributed by atoms with Crippen molar-refractivity contribution in [3.05, 3.63) is 94.6 Å². The highest BCUT2D eigenvalue weighted by Crippen LogP contribution is 2.20. The second-order valence-corrected chi connectivity index (χ2v) is 7.53. The van der Waals surface area contributed by atoms with Gasteiger partial charge in [-0.1, -0.05) is 52.7 Å². The minimum absolute atomic E-state index is 0.188. The number of rotatable bonds is 7. The van der Waals surface area contributed by atoms with Gasteiger partial charge in [0.15, 0.2) is 5.69 Å². The van der Waals surface area contributed by atoms with Crippen molar-refractivity contribution in [1.29, 1.82) is 0 Å². The van der Waals surface area contributed by atoms with E-state index in [1.165, 1.54) is 5.56 Å². The average molecular weight is 416 g/mol. The van der Waals surface area contributed by atoms with E-state index in [4.69, 9.17) is 9.26 Å². The minimum atomic E-state index is -0.366. The predicted octanol–water partition coefficient (Wildman–Crippen LogP) is 4.68. The van der Waals surface area contributed by atoms with Crippen LogP contribution in [0.5, 0.6) is 5.75 Å². The number of ether oxygens (including phenoxy) is 1. The Bertz CT molecular complexity index is 1170. The van der Waals surface area contributed by atoms with Crippen molar-refractivity contribution in [2.45, 2.75) is 33.9 Å². The summed E-state index contributed by atoms with van der Waals surface area (Å²) in [5, 5.41) is 11.1. The number of carbonyl (C=O) groups is 1. The molecule has 0 bridgehead atoms. The summed E-state index contributed by atoms with van der Waals surface area (Å²) in [5.74, 6) is 0.900. The van der Waals surface area contributed by atoms with Gasteiger partial charge in [-0.25, -0.2) is 0 Å². The normalized spacial score (nSPS) is 10.8. The third-order valence-electron chi connectivity index (χ3n) is 4.96. The molecule has 1 amide bonds. The van der Waals surface area contributed by atoms with Crippen molar-refractivity contribution in [3.63, 3.8) is 0 Å². The molecule has 0 saturated carbocycles. The molecule has 0 spiro atoms. The van der Waals surface area contributed by atoms with Gasteiger partial charge in [-0.15, -0.1) is 0 Å². The highest BCUT2D eigenvalue weighted by molar-refractivity contribution is 6.03. The first-order chi connectivity index (χ1) is 15.0. The fourth-order valence-corrected chi connectivity index (χ4v) is 3.11. The van der Waals surface area contributed by atoms with Gasteiger partial charge in [-0.2, -0.15) is 5.10 Å². The molecule has 7 nitrogen and oxygen atoms in total. The van der Waals surface area contributed by atoms with E-state index in [0.29, 0.717) is 23.6 Å². The summed E-state index contributed by atoms with van der Waals surface area (Å²) in [6, 6.07) is 16.0. The van der Waals surface area contributed by atoms with Gasteiger partial charge in [0.2, 0.25) is 0 Å². The maximum Gasteiger partial charge on any atom is 0.278 e. The number of aryl methyl sites for hydroxylation is 3. The van der Waals surface area contributed by atoms with Crippen LogP contribution in [-0.2, 0) is 13.2 Å². The molecular formula is C24H24N4O3. The Hall–Kier alpha value is -3.87. The molecule has 0 fully saturated rings. The van der Waals surface area contributed by atoms with Gasteiger partial charge in [0, 0.05) is 6.20 Å². The maximum absolute atomic E-state index is 12.8. The highest BCUT2D eigenvalue weighted by Gasteiger charge is 2.21. The molecule has 1 N–H and O–H groups in total. The van der Waals surface area contributed by atoms with E-state index in [1.807, 2.05) is 31.2 Å². The van der Waals surface area contributed by atoms with Gasteiger partial charge >= 0.3 is 0 Å². The van der Waals surface area contributed by atoms with E-state index in [9.17, 15) is 4.79 Å². The number of aromatic nitrogens is 3. The molecule has 0 unspecified atom stereocenters. The van der Waals surface area contributed by atoms with Crippen molar-refractivity contribution in [2.24, 2.45) is 0 Å². The number of nitrogens with one attached hydrogen (secondary N) is 1. The van der Waals surface area contributed by atoms with E-state index in [2.05, 4.69) is 46.8 Å². The zero-order valence-corrected chi connectivity index (χ0v) is 17.8. The smallest absolute Gasteiger partial charge is 0.278 e. The van der Waals surface area contributed by atoms with Crippen molar-refractivity contribution < 1.29 is 14.1 Å². The molecule has 158 valence electrons. The quantitative estimate of drug-likeness (QED) is 0.473. The number of hydrogen-bond acceptors (Lipinski definition) is 5. The lowest BCUT2D eigenvalue weighted by Gasteiger charge is -2.07. The lowest BCUT2D eigenvalue weighted by Crippen LogP contribution is -2.15. The zero-order chi connectivity index (χ0) is 21.8. The Balaban J connectivity index is 1.41. The Morgan fingerprint density at radius 1 is 1.03 bits per heavy atom. The second kappa shape index (κ2) is 8.87. The zero-order valence-electron chi connectivity index (χ0n) is 17.8. The van der Waals surface area contributed by atoms with Crippen molar-refractivity contribution in [3.8, 4) is 5.75 Å². The molecule has 0 aliphatic heterocycles. The molecule has 0 radical (unpaired) electrons. The molecule has 2 aromatic heterocycles. The van der Waals surface area contributed by atoms with Crippen molar-refractivity contribution >= 4 is 11.6 Å². The second-order valence-electron chi connectivity index (χ2n) is 7.53. The maximum atomic E-state index is 12.8. The van der Waals surface area contributed by atoms with Crippen molar-refractivity contribution in [2.75, 3.05) is 5.32 Å². The molecule has 0 aliphatic carbocycles. The SMILES string of the molecule is Cc1ccc(Cn2cc(NC(=O)c3noc(C)c3COc3ccc(C)cc3)cn2)cc1. The van der Waals surface area contributed by atoms with Crippen LogP contribution >= 0.6 is 0 Å². The van der Waals surface area contributed by atoms with Gasteiger partial charge in [-0.3, -0.25) is 9.48 Å². The lowest BCUT2D eigenvalue weighted by atomic mass is 10.1. The number of amides is 1. The summed E-state index contributed by atoms with van der Waals surface area (Å²) in [6.45, 7) is 6.64. The van der Waals surface area contributed by atoms with E-state index in [-0.39, 0.29) is 18.2 Å². The van der Waals surface area contributed by atoms with Crippen LogP contribution in [0.15, 0.2) is 65.4 Å². The van der Waals surface area contributed by atoms with Gasteiger partial charge in [0.05, 0.1) is 24.0 Å². The number of hydrogen-bond donors (Lipinski definition) is 1. The number of carbonyl (C=O) groups excluding carboxylic acids is 1. The molecule has 4 aromatic rings. The van der Waals surface area contributed by atoms with Crippen LogP contribution in [0.1, 0.15) is 38.5 Å². The minimum Gasteiger partial charge on any atom is -0.489 e. The van der Waals surface area contributed by atoms with E-state index in [0.717, 1.165) is 16.9 Å². The number of nitrogens with zero attached hydrogens (tertiary/aromatic N) is 3. The largest absolute Gasteiger partial charge is 0.489 e. The van der Waals surface area contributed by atoms with Crippen LogP contribution < -0.4 is 10.1 Å². The Kier molecular flexibility index (Phi) is 5.84. The van der Waals surface area contributed by atoms with Crippen LogP contribution in [0.3, 0.4) is 0 Å². The molecule has 0 saturated heterocycles. The summed E-state index contributed by atoms with van der Waals surface area (Å²) in [7, 11) is 0. The van der Waals surface area contributed by atoms with E-state index in [1.54, 1.807) is 24.0 Å². The van der Waals surface area contributed by atoms with Crippen LogP contribution in [0.2, 0.25) is 0 Å². The molecular weight excluding hydrogens is 392 g/mol. The first-order valence-electron chi connectivity index (χ1n) is 10.0. The number of benzene rings is 2. The fraction of sp³-hybridized carbons (Fsp3) is 0.208. The van der Waals surface area contributed by atoms with Gasteiger partial charge in [-0.05, 0) is 38.5 Å². The van der Waals surface area contributed by atoms with Crippen LogP contribution in [0.4, 0.5) is 5.69 Å². The van der Waals surface area contributed by atoms with Crippen molar-refractivity contribution in [1.82, 2.24) is 14.9 Å². The Morgan fingerprint density at radius 3 is 2.42 bits per heavy atom. The van der Waals surface area contributed by atoms with E-state index < -0.39 is 0 Å². The third kappa shape index (κ3) is 5.01. The van der Waals surface area contributed by atoms with Crippen LogP contribution in [0, 0.1) is 20.8 Å². The molecule has 7 heteroatoms. The van der Waals surface area contributed by atoms with Gasteiger partial charge in [0.25, 0.3) is 5.91 Å². The molecule has 2 heterocycles. The molecule has 2 aromatic carbocycles.